The molecule has 0 fully saturated rings. The first-order chi connectivity index (χ1) is 13.7. The van der Waals surface area contributed by atoms with Gasteiger partial charge in [-0.25, -0.2) is 9.97 Å². The third-order valence-corrected chi connectivity index (χ3v) is 4.33. The highest BCUT2D eigenvalue weighted by Crippen LogP contribution is 2.22. The molecule has 28 heavy (non-hydrogen) atoms. The third-order valence-electron chi connectivity index (χ3n) is 4.33. The fourth-order valence-corrected chi connectivity index (χ4v) is 2.93. The number of benzene rings is 1. The average molecular weight is 373 g/mol. The molecule has 4 rings (SSSR count). The fourth-order valence-electron chi connectivity index (χ4n) is 2.93. The minimum Gasteiger partial charge on any atom is -0.364 e. The van der Waals surface area contributed by atoms with Gasteiger partial charge in [0.15, 0.2) is 5.82 Å². The van der Waals surface area contributed by atoms with Crippen molar-refractivity contribution in [1.82, 2.24) is 24.3 Å². The lowest BCUT2D eigenvalue weighted by molar-refractivity contribution is 0.0994. The van der Waals surface area contributed by atoms with Crippen LogP contribution in [-0.2, 0) is 13.0 Å². The Morgan fingerprint density at radius 1 is 1.07 bits per heavy atom. The summed E-state index contributed by atoms with van der Waals surface area (Å²) in [4.78, 5) is 29.6. The topological polar surface area (TPSA) is 111 Å². The molecule has 0 atom stereocenters. The van der Waals surface area contributed by atoms with Gasteiger partial charge in [-0.1, -0.05) is 43.3 Å². The van der Waals surface area contributed by atoms with Gasteiger partial charge in [0.1, 0.15) is 23.5 Å². The molecular weight excluding hydrogens is 354 g/mol. The first-order valence-electron chi connectivity index (χ1n) is 8.94. The van der Waals surface area contributed by atoms with Crippen LogP contribution in [0.15, 0.2) is 54.9 Å². The van der Waals surface area contributed by atoms with E-state index >= 15 is 0 Å². The molecule has 4 aromatic rings. The number of rotatable bonds is 6. The second-order valence-corrected chi connectivity index (χ2v) is 6.22. The number of nitrogens with one attached hydrogen (secondary N) is 1. The number of aromatic nitrogens is 5. The molecule has 0 aliphatic rings. The molecule has 1 amide bonds. The van der Waals surface area contributed by atoms with Crippen LogP contribution in [0.3, 0.4) is 0 Å². The minimum absolute atomic E-state index is 0.350. The second-order valence-electron chi connectivity index (χ2n) is 6.22. The van der Waals surface area contributed by atoms with E-state index in [-0.39, 0.29) is 0 Å². The maximum absolute atomic E-state index is 11.7. The summed E-state index contributed by atoms with van der Waals surface area (Å²) >= 11 is 0. The first kappa shape index (κ1) is 17.6. The van der Waals surface area contributed by atoms with E-state index in [4.69, 9.17) is 5.73 Å². The molecule has 0 bridgehead atoms. The molecule has 3 heterocycles. The van der Waals surface area contributed by atoms with Gasteiger partial charge < -0.3 is 11.1 Å². The van der Waals surface area contributed by atoms with Crippen LogP contribution < -0.4 is 11.1 Å². The van der Waals surface area contributed by atoms with Gasteiger partial charge in [-0.2, -0.15) is 9.97 Å². The number of imidazole rings is 1. The summed E-state index contributed by atoms with van der Waals surface area (Å²) in [5.74, 6) is 1.07. The van der Waals surface area contributed by atoms with Crippen LogP contribution in [0.1, 0.15) is 28.8 Å². The Labute approximate surface area is 161 Å². The van der Waals surface area contributed by atoms with Crippen molar-refractivity contribution in [1.29, 1.82) is 0 Å². The predicted octanol–water partition coefficient (Wildman–Crippen LogP) is 2.46. The number of hydrogen-bond acceptors (Lipinski definition) is 6. The molecule has 0 saturated carbocycles. The molecule has 8 nitrogen and oxygen atoms in total. The standard InChI is InChI=1S/C20H19N7O/c1-2-16-24-19(26-20(25-16)22-11-13-7-4-3-5-8-13)17-14-9-6-10-15(18(21)28)27(14)12-23-17/h3-10,12H,2,11H2,1H3,(H2,21,28)(H,22,24,25,26). The van der Waals surface area contributed by atoms with Crippen LogP contribution in [0.2, 0.25) is 0 Å². The number of nitrogens with two attached hydrogens (primary N) is 1. The van der Waals surface area contributed by atoms with E-state index in [1.54, 1.807) is 22.9 Å². The SMILES string of the molecule is CCc1nc(NCc2ccccc2)nc(-c2ncn3c(C(N)=O)cccc23)n1. The van der Waals surface area contributed by atoms with Crippen LogP contribution in [0.5, 0.6) is 0 Å². The van der Waals surface area contributed by atoms with Gasteiger partial charge in [0.25, 0.3) is 5.91 Å². The van der Waals surface area contributed by atoms with E-state index in [2.05, 4.69) is 25.3 Å². The van der Waals surface area contributed by atoms with Crippen molar-refractivity contribution in [2.24, 2.45) is 5.73 Å². The molecule has 8 heteroatoms. The van der Waals surface area contributed by atoms with E-state index in [9.17, 15) is 4.79 Å². The Kier molecular flexibility index (Phi) is 4.67. The van der Waals surface area contributed by atoms with Gasteiger partial charge in [0.05, 0.1) is 5.52 Å². The predicted molar refractivity (Wildman–Crippen MR) is 106 cm³/mol. The normalized spacial score (nSPS) is 10.9. The van der Waals surface area contributed by atoms with Gasteiger partial charge in [0.2, 0.25) is 5.95 Å². The summed E-state index contributed by atoms with van der Waals surface area (Å²) in [7, 11) is 0. The van der Waals surface area contributed by atoms with Crippen molar-refractivity contribution in [2.75, 3.05) is 5.32 Å². The van der Waals surface area contributed by atoms with Gasteiger partial charge in [-0.15, -0.1) is 0 Å². The first-order valence-corrected chi connectivity index (χ1v) is 8.94. The van der Waals surface area contributed by atoms with Crippen molar-refractivity contribution in [2.45, 2.75) is 19.9 Å². The van der Waals surface area contributed by atoms with Crippen molar-refractivity contribution in [3.63, 3.8) is 0 Å². The lowest BCUT2D eigenvalue weighted by atomic mass is 10.2. The summed E-state index contributed by atoms with van der Waals surface area (Å²) in [6, 6.07) is 15.3. The van der Waals surface area contributed by atoms with E-state index < -0.39 is 5.91 Å². The molecule has 140 valence electrons. The number of fused-ring (bicyclic) bond motifs is 1. The molecule has 0 unspecified atom stereocenters. The summed E-state index contributed by atoms with van der Waals surface area (Å²) in [5, 5.41) is 3.24. The Bertz CT molecular complexity index is 1140. The number of pyridine rings is 1. The van der Waals surface area contributed by atoms with Gasteiger partial charge >= 0.3 is 0 Å². The molecule has 0 saturated heterocycles. The summed E-state index contributed by atoms with van der Waals surface area (Å²) in [6.07, 6.45) is 2.21. The Morgan fingerprint density at radius 2 is 1.89 bits per heavy atom. The Balaban J connectivity index is 1.73. The van der Waals surface area contributed by atoms with Gasteiger partial charge in [0, 0.05) is 13.0 Å². The number of carbonyl (C=O) groups is 1. The van der Waals surface area contributed by atoms with Crippen LogP contribution in [0.25, 0.3) is 17.0 Å². The van der Waals surface area contributed by atoms with Crippen LogP contribution in [0.4, 0.5) is 5.95 Å². The van der Waals surface area contributed by atoms with Crippen LogP contribution in [0, 0.1) is 0 Å². The Hall–Kier alpha value is -3.81. The van der Waals surface area contributed by atoms with E-state index in [0.29, 0.717) is 47.5 Å². The number of primary amides is 1. The molecule has 0 aliphatic carbocycles. The fraction of sp³-hybridized carbons (Fsp3) is 0.150. The zero-order valence-corrected chi connectivity index (χ0v) is 15.3. The summed E-state index contributed by atoms with van der Waals surface area (Å²) < 4.78 is 1.64. The lowest BCUT2D eigenvalue weighted by Gasteiger charge is -2.08. The number of nitrogens with zero attached hydrogens (tertiary/aromatic N) is 5. The van der Waals surface area contributed by atoms with E-state index in [1.165, 1.54) is 0 Å². The summed E-state index contributed by atoms with van der Waals surface area (Å²) in [5.41, 5.74) is 8.21. The van der Waals surface area contributed by atoms with Crippen molar-refractivity contribution < 1.29 is 4.79 Å². The van der Waals surface area contributed by atoms with Crippen molar-refractivity contribution in [3.05, 3.63) is 71.9 Å². The molecule has 0 aliphatic heterocycles. The Morgan fingerprint density at radius 3 is 2.64 bits per heavy atom. The number of aryl methyl sites for hydroxylation is 1. The molecule has 3 aromatic heterocycles. The van der Waals surface area contributed by atoms with Crippen LogP contribution >= 0.6 is 0 Å². The largest absolute Gasteiger partial charge is 0.364 e. The third kappa shape index (κ3) is 3.39. The number of anilines is 1. The number of carbonyl (C=O) groups excluding carboxylic acids is 1. The lowest BCUT2D eigenvalue weighted by Crippen LogP contribution is -2.14. The number of hydrogen-bond donors (Lipinski definition) is 2. The summed E-state index contributed by atoms with van der Waals surface area (Å²) in [6.45, 7) is 2.58. The van der Waals surface area contributed by atoms with Gasteiger partial charge in [-0.3, -0.25) is 9.20 Å². The second kappa shape index (κ2) is 7.43. The average Bonchev–Trinajstić information content (AvgIpc) is 3.17. The highest BCUT2D eigenvalue weighted by atomic mass is 16.1. The van der Waals surface area contributed by atoms with Crippen molar-refractivity contribution in [3.8, 4) is 11.5 Å². The quantitative estimate of drug-likeness (QED) is 0.537. The monoisotopic (exact) mass is 373 g/mol. The molecule has 0 radical (unpaired) electrons. The molecule has 3 N–H and O–H groups in total. The van der Waals surface area contributed by atoms with E-state index in [0.717, 1.165) is 5.56 Å². The molecular formula is C20H19N7O. The van der Waals surface area contributed by atoms with Crippen molar-refractivity contribution >= 4 is 17.4 Å². The molecule has 1 aromatic carbocycles. The van der Waals surface area contributed by atoms with E-state index in [1.807, 2.05) is 43.3 Å². The zero-order valence-electron chi connectivity index (χ0n) is 15.3. The van der Waals surface area contributed by atoms with Crippen LogP contribution in [-0.4, -0.2) is 30.2 Å². The molecule has 0 spiro atoms. The maximum Gasteiger partial charge on any atom is 0.265 e. The smallest absolute Gasteiger partial charge is 0.265 e. The maximum atomic E-state index is 11.7. The number of amides is 1. The highest BCUT2D eigenvalue weighted by molar-refractivity contribution is 5.92. The van der Waals surface area contributed by atoms with Gasteiger partial charge in [-0.05, 0) is 17.7 Å². The zero-order chi connectivity index (χ0) is 19.5. The minimum atomic E-state index is -0.523. The highest BCUT2D eigenvalue weighted by Gasteiger charge is 2.16.